The lowest BCUT2D eigenvalue weighted by Crippen LogP contribution is -2.43. The van der Waals surface area contributed by atoms with Crippen molar-refractivity contribution in [1.29, 1.82) is 0 Å². The lowest BCUT2D eigenvalue weighted by molar-refractivity contribution is -0.145. The number of carboxylic acids is 1. The maximum Gasteiger partial charge on any atom is 0.308 e. The van der Waals surface area contributed by atoms with Crippen LogP contribution in [0.1, 0.15) is 25.7 Å². The van der Waals surface area contributed by atoms with Gasteiger partial charge in [0.1, 0.15) is 0 Å². The molecule has 0 unspecified atom stereocenters. The van der Waals surface area contributed by atoms with Crippen LogP contribution in [0.2, 0.25) is 0 Å². The number of carboxylic acid groups (broad SMARTS) is 1. The first-order chi connectivity index (χ1) is 5.79. The molecule has 0 bridgehead atoms. The zero-order valence-corrected chi connectivity index (χ0v) is 7.20. The van der Waals surface area contributed by atoms with Crippen LogP contribution < -0.4 is 0 Å². The molecule has 3 nitrogen and oxygen atoms in total. The van der Waals surface area contributed by atoms with Gasteiger partial charge in [0, 0.05) is 6.04 Å². The Morgan fingerprint density at radius 2 is 1.92 bits per heavy atom. The summed E-state index contributed by atoms with van der Waals surface area (Å²) in [5, 5.41) is 8.96. The van der Waals surface area contributed by atoms with E-state index >= 15 is 0 Å². The summed E-state index contributed by atoms with van der Waals surface area (Å²) in [7, 11) is 0. The highest BCUT2D eigenvalue weighted by molar-refractivity contribution is 5.71. The molecule has 2 saturated heterocycles. The van der Waals surface area contributed by atoms with Gasteiger partial charge >= 0.3 is 5.97 Å². The lowest BCUT2D eigenvalue weighted by Gasteiger charge is -2.34. The smallest absolute Gasteiger partial charge is 0.308 e. The summed E-state index contributed by atoms with van der Waals surface area (Å²) < 4.78 is 0. The third kappa shape index (κ3) is 1.22. The normalized spacial score (nSPS) is 36.3. The highest BCUT2D eigenvalue weighted by atomic mass is 16.4. The Labute approximate surface area is 72.4 Å². The van der Waals surface area contributed by atoms with Gasteiger partial charge in [0.2, 0.25) is 0 Å². The number of carbonyl (C=O) groups is 1. The molecule has 2 heterocycles. The van der Waals surface area contributed by atoms with E-state index in [1.54, 1.807) is 0 Å². The second-order valence-corrected chi connectivity index (χ2v) is 3.83. The predicted octanol–water partition coefficient (Wildman–Crippen LogP) is 0.945. The molecule has 2 atom stereocenters. The van der Waals surface area contributed by atoms with Crippen LogP contribution in [0, 0.1) is 5.92 Å². The molecule has 0 aromatic rings. The molecule has 2 fully saturated rings. The molecule has 0 radical (unpaired) electrons. The first-order valence-electron chi connectivity index (χ1n) is 4.76. The van der Waals surface area contributed by atoms with Crippen LogP contribution in [0.5, 0.6) is 0 Å². The molecule has 0 aliphatic carbocycles. The van der Waals surface area contributed by atoms with E-state index in [1.807, 2.05) is 0 Å². The molecule has 0 aromatic carbocycles. The Kier molecular flexibility index (Phi) is 2.05. The number of nitrogens with zero attached hydrogens (tertiary/aromatic N) is 1. The number of piperidine rings is 1. The summed E-state index contributed by atoms with van der Waals surface area (Å²) in [6, 6.07) is 0.358. The second-order valence-electron chi connectivity index (χ2n) is 3.83. The van der Waals surface area contributed by atoms with Gasteiger partial charge in [0.15, 0.2) is 0 Å². The average Bonchev–Trinajstić information content (AvgIpc) is 2.49. The number of rotatable bonds is 1. The molecule has 0 amide bonds. The zero-order chi connectivity index (χ0) is 8.55. The lowest BCUT2D eigenvalue weighted by atomic mass is 9.89. The Hall–Kier alpha value is -0.570. The van der Waals surface area contributed by atoms with Crippen molar-refractivity contribution in [3.05, 3.63) is 0 Å². The molecule has 1 N–H and O–H groups in total. The van der Waals surface area contributed by atoms with Crippen molar-refractivity contribution in [2.75, 3.05) is 13.1 Å². The highest BCUT2D eigenvalue weighted by Crippen LogP contribution is 2.31. The summed E-state index contributed by atoms with van der Waals surface area (Å²) >= 11 is 0. The first-order valence-corrected chi connectivity index (χ1v) is 4.76. The summed E-state index contributed by atoms with van der Waals surface area (Å²) in [5.74, 6) is -0.673. The molecule has 3 heteroatoms. The highest BCUT2D eigenvalue weighted by Gasteiger charge is 2.38. The van der Waals surface area contributed by atoms with Crippen LogP contribution in [0.3, 0.4) is 0 Å². The van der Waals surface area contributed by atoms with Crippen molar-refractivity contribution in [3.8, 4) is 0 Å². The predicted molar refractivity (Wildman–Crippen MR) is 45.0 cm³/mol. The summed E-state index contributed by atoms with van der Waals surface area (Å²) in [5.41, 5.74) is 0. The molecule has 0 aromatic heterocycles. The minimum atomic E-state index is -0.591. The molecule has 2 aliphatic heterocycles. The zero-order valence-electron chi connectivity index (χ0n) is 7.20. The van der Waals surface area contributed by atoms with Crippen LogP contribution in [0.25, 0.3) is 0 Å². The molecule has 2 rings (SSSR count). The van der Waals surface area contributed by atoms with Gasteiger partial charge in [-0.1, -0.05) is 0 Å². The van der Waals surface area contributed by atoms with Gasteiger partial charge in [0.25, 0.3) is 0 Å². The van der Waals surface area contributed by atoms with Gasteiger partial charge in [-0.05, 0) is 38.8 Å². The molecule has 2 aliphatic rings. The van der Waals surface area contributed by atoms with Gasteiger partial charge in [-0.25, -0.2) is 0 Å². The second kappa shape index (κ2) is 3.05. The average molecular weight is 169 g/mol. The van der Waals surface area contributed by atoms with Gasteiger partial charge in [-0.15, -0.1) is 0 Å². The van der Waals surface area contributed by atoms with Crippen molar-refractivity contribution in [3.63, 3.8) is 0 Å². The molecule has 12 heavy (non-hydrogen) atoms. The van der Waals surface area contributed by atoms with Crippen molar-refractivity contribution in [1.82, 2.24) is 4.90 Å². The van der Waals surface area contributed by atoms with Crippen LogP contribution in [-0.4, -0.2) is 35.1 Å². The largest absolute Gasteiger partial charge is 0.481 e. The van der Waals surface area contributed by atoms with Gasteiger partial charge in [-0.3, -0.25) is 9.69 Å². The summed E-state index contributed by atoms with van der Waals surface area (Å²) in [6.07, 6.45) is 4.23. The fourth-order valence-corrected chi connectivity index (χ4v) is 2.58. The van der Waals surface area contributed by atoms with E-state index < -0.39 is 5.97 Å². The maximum atomic E-state index is 10.9. The monoisotopic (exact) mass is 169 g/mol. The Morgan fingerprint density at radius 3 is 2.58 bits per heavy atom. The van der Waals surface area contributed by atoms with Gasteiger partial charge in [0.05, 0.1) is 5.92 Å². The third-order valence-corrected chi connectivity index (χ3v) is 3.16. The van der Waals surface area contributed by atoms with Crippen LogP contribution in [0.15, 0.2) is 0 Å². The van der Waals surface area contributed by atoms with E-state index in [2.05, 4.69) is 4.90 Å². The fourth-order valence-electron chi connectivity index (χ4n) is 2.58. The number of hydrogen-bond acceptors (Lipinski definition) is 2. The van der Waals surface area contributed by atoms with E-state index in [9.17, 15) is 4.79 Å². The standard InChI is InChI=1S/C9H15NO2/c11-9(12)7-3-1-5-10-6-2-4-8(7)10/h7-8H,1-6H2,(H,11,12)/t7-,8+/m0/s1. The molecular weight excluding hydrogens is 154 g/mol. The fraction of sp³-hybridized carbons (Fsp3) is 0.889. The third-order valence-electron chi connectivity index (χ3n) is 3.16. The molecule has 0 saturated carbocycles. The van der Waals surface area contributed by atoms with E-state index in [0.29, 0.717) is 6.04 Å². The van der Waals surface area contributed by atoms with E-state index in [0.717, 1.165) is 32.4 Å². The number of hydrogen-bond donors (Lipinski definition) is 1. The number of fused-ring (bicyclic) bond motifs is 1. The topological polar surface area (TPSA) is 40.5 Å². The van der Waals surface area contributed by atoms with Crippen molar-refractivity contribution < 1.29 is 9.90 Å². The summed E-state index contributed by atoms with van der Waals surface area (Å²) in [6.45, 7) is 2.24. The maximum absolute atomic E-state index is 10.9. The molecule has 0 spiro atoms. The minimum absolute atomic E-state index is 0.0822. The van der Waals surface area contributed by atoms with Gasteiger partial charge < -0.3 is 5.11 Å². The van der Waals surface area contributed by atoms with Crippen molar-refractivity contribution in [2.45, 2.75) is 31.7 Å². The van der Waals surface area contributed by atoms with Crippen LogP contribution in [-0.2, 0) is 4.79 Å². The molecule has 68 valence electrons. The quantitative estimate of drug-likeness (QED) is 0.635. The Morgan fingerprint density at radius 1 is 1.25 bits per heavy atom. The van der Waals surface area contributed by atoms with E-state index in [4.69, 9.17) is 5.11 Å². The Balaban J connectivity index is 2.08. The van der Waals surface area contributed by atoms with Crippen molar-refractivity contribution in [2.24, 2.45) is 5.92 Å². The first kappa shape index (κ1) is 8.05. The molecular formula is C9H15NO2. The van der Waals surface area contributed by atoms with E-state index in [1.165, 1.54) is 6.42 Å². The van der Waals surface area contributed by atoms with E-state index in [-0.39, 0.29) is 5.92 Å². The SMILES string of the molecule is O=C(O)[C@H]1CCCN2CCC[C@H]12. The van der Waals surface area contributed by atoms with Crippen LogP contribution >= 0.6 is 0 Å². The van der Waals surface area contributed by atoms with Crippen molar-refractivity contribution >= 4 is 5.97 Å². The van der Waals surface area contributed by atoms with Crippen LogP contribution in [0.4, 0.5) is 0 Å². The summed E-state index contributed by atoms with van der Waals surface area (Å²) in [4.78, 5) is 13.2. The number of aliphatic carboxylic acids is 1. The Bertz CT molecular complexity index is 193. The van der Waals surface area contributed by atoms with Gasteiger partial charge in [-0.2, -0.15) is 0 Å². The minimum Gasteiger partial charge on any atom is -0.481 e.